The highest BCUT2D eigenvalue weighted by molar-refractivity contribution is 7.80. The van der Waals surface area contributed by atoms with E-state index in [1.165, 1.54) is 40.4 Å². The van der Waals surface area contributed by atoms with E-state index < -0.39 is 11.8 Å². The smallest absolute Gasteiger partial charge is 0.263 e. The minimum Gasteiger partial charge on any atom is -0.457 e. The molecular weight excluding hydrogens is 1050 g/mol. The van der Waals surface area contributed by atoms with Gasteiger partial charge in [0.2, 0.25) is 0 Å². The monoisotopic (exact) mass is 1090 g/mol. The molecule has 0 spiro atoms. The van der Waals surface area contributed by atoms with Crippen molar-refractivity contribution in [1.29, 1.82) is 0 Å². The topological polar surface area (TPSA) is 73.9 Å². The molecule has 0 aliphatic carbocycles. The molecule has 2 aliphatic heterocycles. The second-order valence-corrected chi connectivity index (χ2v) is 22.3. The first-order valence-electron chi connectivity index (χ1n) is 24.6. The van der Waals surface area contributed by atoms with Crippen molar-refractivity contribution in [2.45, 2.75) is 0 Å². The van der Waals surface area contributed by atoms with Crippen molar-refractivity contribution in [1.82, 2.24) is 10.6 Å². The van der Waals surface area contributed by atoms with Crippen molar-refractivity contribution in [3.8, 4) is 40.4 Å². The number of anilines is 6. The Morgan fingerprint density at radius 3 is 1.16 bits per heavy atom. The van der Waals surface area contributed by atoms with E-state index in [-0.39, 0.29) is 10.7 Å². The second kappa shape index (κ2) is 22.2. The summed E-state index contributed by atoms with van der Waals surface area (Å²) in [6, 6.07) is 72.0. The Morgan fingerprint density at radius 2 is 0.766 bits per heavy atom. The summed E-state index contributed by atoms with van der Waals surface area (Å²) in [5.74, 6) is -0.288. The number of benzene rings is 6. The predicted octanol–water partition coefficient (Wildman–Crippen LogP) is 17.9. The van der Waals surface area contributed by atoms with E-state index in [0.717, 1.165) is 45.3 Å². The van der Waals surface area contributed by atoms with Crippen molar-refractivity contribution < 1.29 is 14.3 Å². The number of carbonyl (C=O) groups excluding carboxylic acids is 2. The van der Waals surface area contributed by atoms with Gasteiger partial charge < -0.3 is 14.5 Å². The van der Waals surface area contributed by atoms with E-state index in [1.54, 1.807) is 57.5 Å². The number of ether oxygens (including phenoxy) is 1. The van der Waals surface area contributed by atoms with Gasteiger partial charge in [-0.3, -0.25) is 20.2 Å². The molecule has 1 saturated heterocycles. The molecule has 372 valence electrons. The fraction of sp³-hybridized carbons (Fsp3) is 0. The number of amides is 2. The molecule has 2 N–H and O–H groups in total. The average molecular weight is 1090 g/mol. The second-order valence-electron chi connectivity index (χ2n) is 17.8. The molecule has 0 radical (unpaired) electrons. The van der Waals surface area contributed by atoms with Crippen LogP contribution in [0.25, 0.3) is 52.5 Å². The molecule has 0 atom stereocenters. The Labute approximate surface area is 467 Å². The fourth-order valence-electron chi connectivity index (χ4n) is 9.09. The number of rotatable bonds is 14. The van der Waals surface area contributed by atoms with Gasteiger partial charge in [0, 0.05) is 69.0 Å². The van der Waals surface area contributed by atoms with Crippen LogP contribution in [-0.4, -0.2) is 16.9 Å². The number of hydrogen-bond donors (Lipinski definition) is 2. The van der Waals surface area contributed by atoms with Crippen LogP contribution >= 0.6 is 57.6 Å². The number of hydrogen-bond acceptors (Lipinski definition) is 10. The number of thiocarbonyl (C=S) groups is 1. The van der Waals surface area contributed by atoms with Gasteiger partial charge in [0.25, 0.3) is 11.8 Å². The van der Waals surface area contributed by atoms with Gasteiger partial charge in [0.05, 0.1) is 0 Å². The van der Waals surface area contributed by atoms with Crippen molar-refractivity contribution >= 4 is 121 Å². The molecule has 6 heterocycles. The molecule has 1 fully saturated rings. The molecule has 12 rings (SSSR count). The maximum Gasteiger partial charge on any atom is 0.263 e. The lowest BCUT2D eigenvalue weighted by molar-refractivity contribution is -0.123. The zero-order chi connectivity index (χ0) is 52.1. The van der Waals surface area contributed by atoms with Gasteiger partial charge in [0.1, 0.15) is 17.1 Å². The third kappa shape index (κ3) is 11.0. The van der Waals surface area contributed by atoms with Gasteiger partial charge in [-0.1, -0.05) is 109 Å². The first-order valence-corrected chi connectivity index (χ1v) is 28.4. The van der Waals surface area contributed by atoms with E-state index in [4.69, 9.17) is 17.0 Å². The Bertz CT molecular complexity index is 3660. The van der Waals surface area contributed by atoms with Crippen molar-refractivity contribution in [3.63, 3.8) is 0 Å². The van der Waals surface area contributed by atoms with E-state index >= 15 is 0 Å². The van der Waals surface area contributed by atoms with E-state index in [9.17, 15) is 9.59 Å². The molecule has 2 amide bonds. The van der Waals surface area contributed by atoms with Crippen LogP contribution in [0.3, 0.4) is 0 Å². The summed E-state index contributed by atoms with van der Waals surface area (Å²) in [5, 5.41) is 9.33. The Morgan fingerprint density at radius 1 is 0.390 bits per heavy atom. The minimum atomic E-state index is -0.583. The molecule has 7 nitrogen and oxygen atoms in total. The molecule has 6 aromatic carbocycles. The Kier molecular flexibility index (Phi) is 14.2. The van der Waals surface area contributed by atoms with Crippen molar-refractivity contribution in [2.75, 3.05) is 9.80 Å². The summed E-state index contributed by atoms with van der Waals surface area (Å²) in [7, 11) is 0. The minimum absolute atomic E-state index is 0.0361. The molecule has 10 aromatic rings. The number of nitrogens with zero attached hydrogens (tertiary/aromatic N) is 2. The molecule has 2 aliphatic rings. The maximum absolute atomic E-state index is 13.3. The first-order chi connectivity index (χ1) is 37.8. The summed E-state index contributed by atoms with van der Waals surface area (Å²) in [6.07, 6.45) is 10.9. The SMILES string of the molecule is O=C1NC(=S)NC(=O)C1=C1C=C(/C=C/c2ccc(N(c3ccccc3)c3ccc(-c4ccc(-c5cccs5)s4)cc3)cc2)OC(/C=C/c2ccc(N(c3ccccc3)c3ccc(-c4ccc(-c5cccs5)s4)cc3)cc2)=C1. The van der Waals surface area contributed by atoms with Gasteiger partial charge in [0.15, 0.2) is 5.11 Å². The Hall–Kier alpha value is -8.75. The lowest BCUT2D eigenvalue weighted by Crippen LogP contribution is -2.51. The van der Waals surface area contributed by atoms with Gasteiger partial charge in [-0.2, -0.15) is 0 Å². The molecule has 77 heavy (non-hydrogen) atoms. The van der Waals surface area contributed by atoms with Crippen molar-refractivity contribution in [2.24, 2.45) is 0 Å². The summed E-state index contributed by atoms with van der Waals surface area (Å²) in [5.41, 5.74) is 10.6. The van der Waals surface area contributed by atoms with Crippen LogP contribution in [0.5, 0.6) is 0 Å². The van der Waals surface area contributed by atoms with Gasteiger partial charge in [-0.25, -0.2) is 0 Å². The fourth-order valence-corrected chi connectivity index (χ4v) is 13.0. The zero-order valence-corrected chi connectivity index (χ0v) is 45.0. The summed E-state index contributed by atoms with van der Waals surface area (Å²) in [6.45, 7) is 0. The molecule has 12 heteroatoms. The lowest BCUT2D eigenvalue weighted by atomic mass is 10.0. The highest BCUT2D eigenvalue weighted by Gasteiger charge is 2.29. The highest BCUT2D eigenvalue weighted by Crippen LogP contribution is 2.42. The normalized spacial score (nSPS) is 13.6. The summed E-state index contributed by atoms with van der Waals surface area (Å²) in [4.78, 5) is 38.5. The number of nitrogens with one attached hydrogen (secondary N) is 2. The zero-order valence-electron chi connectivity index (χ0n) is 40.9. The van der Waals surface area contributed by atoms with Crippen LogP contribution in [-0.2, 0) is 14.3 Å². The number of carbonyl (C=O) groups is 2. The van der Waals surface area contributed by atoms with Crippen LogP contribution in [0.1, 0.15) is 11.1 Å². The predicted molar refractivity (Wildman–Crippen MR) is 327 cm³/mol. The largest absolute Gasteiger partial charge is 0.457 e. The van der Waals surface area contributed by atoms with Crippen LogP contribution in [0.2, 0.25) is 0 Å². The number of allylic oxidation sites excluding steroid dienone is 5. The van der Waals surface area contributed by atoms with Gasteiger partial charge in [-0.15, -0.1) is 45.3 Å². The molecule has 4 aromatic heterocycles. The van der Waals surface area contributed by atoms with Gasteiger partial charge in [-0.05, 0) is 179 Å². The quantitative estimate of drug-likeness (QED) is 0.0642. The third-order valence-electron chi connectivity index (χ3n) is 12.8. The average Bonchev–Trinajstić information content (AvgIpc) is 4.34. The van der Waals surface area contributed by atoms with E-state index in [0.29, 0.717) is 17.1 Å². The summed E-state index contributed by atoms with van der Waals surface area (Å²) >= 11 is 12.2. The molecule has 0 saturated carbocycles. The van der Waals surface area contributed by atoms with Crippen LogP contribution in [0.4, 0.5) is 34.1 Å². The number of thiophene rings is 4. The lowest BCUT2D eigenvalue weighted by Gasteiger charge is -2.25. The van der Waals surface area contributed by atoms with E-state index in [2.05, 4.69) is 201 Å². The molecular formula is C65H44N4O3S5. The van der Waals surface area contributed by atoms with Crippen LogP contribution in [0, 0.1) is 0 Å². The van der Waals surface area contributed by atoms with Crippen molar-refractivity contribution in [3.05, 3.63) is 275 Å². The molecule has 0 bridgehead atoms. The standard InChI is InChI=1S/C65H44N4O3S5/c70-63-62(64(71)67-65(73)66-63)47-41-54(33-19-43-15-25-50(26-16-43)68(48-9-3-1-4-10-48)52-29-21-45(22-30-52)56-35-37-60(76-56)58-13-7-39-74-58)72-55(42-47)34-20-44-17-27-51(28-18-44)69(49-11-5-2-6-12-49)53-31-23-46(24-32-53)57-36-38-61(77-57)59-14-8-40-75-59/h1-42H,(H2,66,67,70,71,73)/b33-19+,34-20+. The van der Waals surface area contributed by atoms with Gasteiger partial charge >= 0.3 is 0 Å². The van der Waals surface area contributed by atoms with Crippen LogP contribution < -0.4 is 20.4 Å². The Balaban J connectivity index is 0.782. The third-order valence-corrected chi connectivity index (χ3v) is 17.4. The molecule has 0 unspecified atom stereocenters. The maximum atomic E-state index is 13.3. The first kappa shape index (κ1) is 49.1. The summed E-state index contributed by atoms with van der Waals surface area (Å²) < 4.78 is 6.43. The highest BCUT2D eigenvalue weighted by atomic mass is 32.1. The van der Waals surface area contributed by atoms with Crippen LogP contribution in [0.15, 0.2) is 264 Å². The number of para-hydroxylation sites is 2. The van der Waals surface area contributed by atoms with E-state index in [1.807, 2.05) is 60.7 Å².